The summed E-state index contributed by atoms with van der Waals surface area (Å²) < 4.78 is 0.678. The number of rotatable bonds is 11. The van der Waals surface area contributed by atoms with E-state index in [2.05, 4.69) is 69.4 Å². The van der Waals surface area contributed by atoms with Gasteiger partial charge in [-0.1, -0.05) is 72.0 Å². The van der Waals surface area contributed by atoms with Gasteiger partial charge in [0.05, 0.1) is 13.1 Å². The molecule has 0 saturated carbocycles. The zero-order valence-corrected chi connectivity index (χ0v) is 24.8. The van der Waals surface area contributed by atoms with E-state index in [1.807, 2.05) is 30.5 Å². The van der Waals surface area contributed by atoms with Gasteiger partial charge in [-0.25, -0.2) is 4.98 Å². The minimum absolute atomic E-state index is 0.0793. The maximum Gasteiger partial charge on any atom is 0.254 e. The Hall–Kier alpha value is -2.99. The van der Waals surface area contributed by atoms with E-state index in [1.54, 1.807) is 30.1 Å². The predicted octanol–water partition coefficient (Wildman–Crippen LogP) is 5.47. The molecule has 1 atom stereocenters. The van der Waals surface area contributed by atoms with Crippen LogP contribution in [0.1, 0.15) is 57.2 Å². The fraction of sp³-hybridized carbons (Fsp3) is 0.367. The molecule has 38 heavy (non-hydrogen) atoms. The number of benzene rings is 2. The summed E-state index contributed by atoms with van der Waals surface area (Å²) in [5.41, 5.74) is 2.98. The molecule has 0 fully saturated rings. The molecular formula is C30H35BrN4O2S. The average molecular weight is 596 g/mol. The van der Waals surface area contributed by atoms with Crippen molar-refractivity contribution in [1.82, 2.24) is 20.5 Å². The molecule has 6 nitrogen and oxygen atoms in total. The number of nitrogens with one attached hydrogen (secondary N) is 2. The molecular weight excluding hydrogens is 560 g/mol. The lowest BCUT2D eigenvalue weighted by Crippen LogP contribution is -2.38. The van der Waals surface area contributed by atoms with Crippen molar-refractivity contribution < 1.29 is 9.59 Å². The Balaban J connectivity index is 1.69. The molecule has 0 spiro atoms. The van der Waals surface area contributed by atoms with E-state index < -0.39 is 0 Å². The van der Waals surface area contributed by atoms with Crippen molar-refractivity contribution in [3.63, 3.8) is 0 Å². The maximum absolute atomic E-state index is 13.3. The number of carbonyl (C=O) groups is 2. The summed E-state index contributed by atoms with van der Waals surface area (Å²) >= 11 is 5.01. The Morgan fingerprint density at radius 3 is 2.55 bits per heavy atom. The molecule has 200 valence electrons. The zero-order valence-electron chi connectivity index (χ0n) is 22.4. The van der Waals surface area contributed by atoms with Crippen molar-refractivity contribution in [2.45, 2.75) is 46.2 Å². The first-order valence-corrected chi connectivity index (χ1v) is 14.4. The summed E-state index contributed by atoms with van der Waals surface area (Å²) in [6.07, 6.45) is 1.46. The highest BCUT2D eigenvalue weighted by atomic mass is 79.9. The fourth-order valence-electron chi connectivity index (χ4n) is 3.89. The van der Waals surface area contributed by atoms with Crippen LogP contribution in [0.3, 0.4) is 0 Å². The van der Waals surface area contributed by atoms with Gasteiger partial charge in [-0.05, 0) is 50.1 Å². The predicted molar refractivity (Wildman–Crippen MR) is 158 cm³/mol. The number of aromatic nitrogens is 1. The second-order valence-corrected chi connectivity index (χ2v) is 11.4. The normalized spacial score (nSPS) is 11.5. The van der Waals surface area contributed by atoms with Crippen LogP contribution in [0.2, 0.25) is 0 Å². The highest BCUT2D eigenvalue weighted by Crippen LogP contribution is 2.19. The highest BCUT2D eigenvalue weighted by molar-refractivity contribution is 9.10. The number of nitrogens with zero attached hydrogens (tertiary/aromatic N) is 2. The Morgan fingerprint density at radius 1 is 1.13 bits per heavy atom. The van der Waals surface area contributed by atoms with Gasteiger partial charge in [0.25, 0.3) is 11.8 Å². The highest BCUT2D eigenvalue weighted by Gasteiger charge is 2.19. The fourth-order valence-corrected chi connectivity index (χ4v) is 5.21. The topological polar surface area (TPSA) is 74.3 Å². The van der Waals surface area contributed by atoms with Gasteiger partial charge in [0.1, 0.15) is 5.01 Å². The van der Waals surface area contributed by atoms with E-state index in [-0.39, 0.29) is 17.9 Å². The van der Waals surface area contributed by atoms with E-state index in [4.69, 9.17) is 0 Å². The SMILES string of the molecule is Cc1csc(CN(C)C(=O)c2cc(Br)cc(C(=O)N[C@H](CCNCC#CC(C)C)Cc3ccccc3)c2)n1. The summed E-state index contributed by atoms with van der Waals surface area (Å²) in [4.78, 5) is 32.5. The minimum atomic E-state index is -0.209. The number of carbonyl (C=O) groups excluding carboxylic acids is 2. The van der Waals surface area contributed by atoms with Crippen LogP contribution in [0.4, 0.5) is 0 Å². The third-order valence-electron chi connectivity index (χ3n) is 5.73. The Morgan fingerprint density at radius 2 is 1.87 bits per heavy atom. The van der Waals surface area contributed by atoms with Crippen LogP contribution in [-0.4, -0.2) is 47.9 Å². The van der Waals surface area contributed by atoms with Gasteiger partial charge in [-0.3, -0.25) is 9.59 Å². The third kappa shape index (κ3) is 9.71. The Bertz CT molecular complexity index is 1280. The van der Waals surface area contributed by atoms with Crippen LogP contribution < -0.4 is 10.6 Å². The van der Waals surface area contributed by atoms with Gasteiger partial charge in [-0.2, -0.15) is 0 Å². The molecule has 3 aromatic rings. The number of hydrogen-bond donors (Lipinski definition) is 2. The molecule has 2 aromatic carbocycles. The maximum atomic E-state index is 13.3. The summed E-state index contributed by atoms with van der Waals surface area (Å²) in [6, 6.07) is 15.2. The van der Waals surface area contributed by atoms with Gasteiger partial charge >= 0.3 is 0 Å². The summed E-state index contributed by atoms with van der Waals surface area (Å²) in [6.45, 7) is 7.84. The van der Waals surface area contributed by atoms with Crippen LogP contribution in [0.25, 0.3) is 0 Å². The minimum Gasteiger partial charge on any atom is -0.349 e. The van der Waals surface area contributed by atoms with Gasteiger partial charge in [0, 0.05) is 45.7 Å². The van der Waals surface area contributed by atoms with Crippen LogP contribution in [-0.2, 0) is 13.0 Å². The molecule has 8 heteroatoms. The molecule has 0 bridgehead atoms. The standard InChI is InChI=1S/C30H35BrN4O2S/c1-21(2)9-8-13-32-14-12-27(15-23-10-6-5-7-11-23)34-29(36)24-16-25(18-26(31)17-24)30(37)35(4)19-28-33-22(3)20-38-28/h5-7,10-11,16-18,20-21,27,32H,12-15,19H2,1-4H3,(H,34,36)/t27-/m1/s1. The quantitative estimate of drug-likeness (QED) is 0.228. The number of thiazole rings is 1. The van der Waals surface area contributed by atoms with Gasteiger partial charge < -0.3 is 15.5 Å². The monoisotopic (exact) mass is 594 g/mol. The molecule has 0 unspecified atom stereocenters. The van der Waals surface area contributed by atoms with Crippen LogP contribution in [0.5, 0.6) is 0 Å². The van der Waals surface area contributed by atoms with Crippen molar-refractivity contribution in [3.8, 4) is 11.8 Å². The third-order valence-corrected chi connectivity index (χ3v) is 7.14. The Kier molecular flexibility index (Phi) is 11.5. The molecule has 0 saturated heterocycles. The summed E-state index contributed by atoms with van der Waals surface area (Å²) in [5.74, 6) is 6.25. The van der Waals surface area contributed by atoms with Crippen molar-refractivity contribution in [1.29, 1.82) is 0 Å². The van der Waals surface area contributed by atoms with Gasteiger partial charge in [0.15, 0.2) is 0 Å². The molecule has 0 aliphatic heterocycles. The molecule has 2 amide bonds. The van der Waals surface area contributed by atoms with Crippen LogP contribution >= 0.6 is 27.3 Å². The van der Waals surface area contributed by atoms with E-state index >= 15 is 0 Å². The lowest BCUT2D eigenvalue weighted by molar-refractivity contribution is 0.0785. The molecule has 1 aromatic heterocycles. The van der Waals surface area contributed by atoms with Crippen molar-refractivity contribution in [3.05, 3.63) is 85.8 Å². The number of halogens is 1. The van der Waals surface area contributed by atoms with Crippen molar-refractivity contribution in [2.75, 3.05) is 20.1 Å². The van der Waals surface area contributed by atoms with Crippen molar-refractivity contribution in [2.24, 2.45) is 5.92 Å². The molecule has 0 aliphatic rings. The number of hydrogen-bond acceptors (Lipinski definition) is 5. The Labute approximate surface area is 238 Å². The van der Waals surface area contributed by atoms with E-state index in [0.29, 0.717) is 41.0 Å². The molecule has 3 rings (SSSR count). The second-order valence-electron chi connectivity index (χ2n) is 9.57. The van der Waals surface area contributed by atoms with E-state index in [0.717, 1.165) is 29.2 Å². The summed E-state index contributed by atoms with van der Waals surface area (Å²) in [5, 5.41) is 9.38. The average Bonchev–Trinajstić information content (AvgIpc) is 3.29. The largest absolute Gasteiger partial charge is 0.349 e. The smallest absolute Gasteiger partial charge is 0.254 e. The van der Waals surface area contributed by atoms with Crippen LogP contribution in [0.15, 0.2) is 58.4 Å². The first-order chi connectivity index (χ1) is 18.2. The second kappa shape index (κ2) is 14.8. The lowest BCUT2D eigenvalue weighted by atomic mass is 10.0. The lowest BCUT2D eigenvalue weighted by Gasteiger charge is -2.20. The molecule has 1 heterocycles. The number of amides is 2. The van der Waals surface area contributed by atoms with E-state index in [1.165, 1.54) is 11.3 Å². The number of aryl methyl sites for hydroxylation is 1. The zero-order chi connectivity index (χ0) is 27.5. The molecule has 0 aliphatic carbocycles. The van der Waals surface area contributed by atoms with Gasteiger partial charge in [-0.15, -0.1) is 11.3 Å². The summed E-state index contributed by atoms with van der Waals surface area (Å²) in [7, 11) is 1.74. The van der Waals surface area contributed by atoms with Crippen molar-refractivity contribution >= 4 is 39.1 Å². The van der Waals surface area contributed by atoms with Gasteiger partial charge in [0.2, 0.25) is 0 Å². The van der Waals surface area contributed by atoms with Crippen LogP contribution in [0, 0.1) is 24.7 Å². The first-order valence-electron chi connectivity index (χ1n) is 12.7. The molecule has 2 N–H and O–H groups in total. The first kappa shape index (κ1) is 29.6. The van der Waals surface area contributed by atoms with E-state index in [9.17, 15) is 9.59 Å². The molecule has 0 radical (unpaired) electrons.